The van der Waals surface area contributed by atoms with Gasteiger partial charge in [-0.25, -0.2) is 14.3 Å². The molecular formula is C25H31ClN6O5. The van der Waals surface area contributed by atoms with E-state index in [0.29, 0.717) is 42.2 Å². The van der Waals surface area contributed by atoms with Crippen molar-refractivity contribution in [3.63, 3.8) is 0 Å². The van der Waals surface area contributed by atoms with Crippen LogP contribution in [-0.4, -0.2) is 58.5 Å². The largest absolute Gasteiger partial charge is 0.495 e. The molecule has 1 aromatic carbocycles. The van der Waals surface area contributed by atoms with Crippen LogP contribution in [0.15, 0.2) is 30.5 Å². The van der Waals surface area contributed by atoms with Gasteiger partial charge in [0.05, 0.1) is 37.4 Å². The predicted molar refractivity (Wildman–Crippen MR) is 139 cm³/mol. The fourth-order valence-corrected chi connectivity index (χ4v) is 4.10. The van der Waals surface area contributed by atoms with E-state index in [1.165, 1.54) is 21.7 Å². The molecule has 1 fully saturated rings. The van der Waals surface area contributed by atoms with Gasteiger partial charge in [-0.3, -0.25) is 9.69 Å². The van der Waals surface area contributed by atoms with Crippen LogP contribution in [0.2, 0.25) is 5.15 Å². The molecule has 3 N–H and O–H groups in total. The van der Waals surface area contributed by atoms with Gasteiger partial charge in [0.15, 0.2) is 16.5 Å². The Labute approximate surface area is 219 Å². The molecule has 4 rings (SSSR count). The van der Waals surface area contributed by atoms with Crippen LogP contribution in [0.5, 0.6) is 5.75 Å². The third-order valence-corrected chi connectivity index (χ3v) is 6.07. The molecule has 0 aliphatic heterocycles. The number of fused-ring (bicyclic) bond motifs is 1. The molecule has 0 bridgehead atoms. The Hall–Kier alpha value is -3.57. The highest BCUT2D eigenvalue weighted by Gasteiger charge is 2.32. The lowest BCUT2D eigenvalue weighted by atomic mass is 9.89. The van der Waals surface area contributed by atoms with Gasteiger partial charge in [-0.2, -0.15) is 5.10 Å². The number of carbonyl (C=O) groups excluding carboxylic acids is 2. The second-order valence-electron chi connectivity index (χ2n) is 9.92. The molecule has 0 spiro atoms. The van der Waals surface area contributed by atoms with Gasteiger partial charge in [-0.05, 0) is 51.3 Å². The third kappa shape index (κ3) is 6.05. The predicted octanol–water partition coefficient (Wildman–Crippen LogP) is 3.82. The SMILES string of the molecule is COc1ccc(COC2CC(NC(=O)c3cnc4c(N(C)C(=O)OC(C)(C)C)cc(Cl)nn34)C2)cc1N. The van der Waals surface area contributed by atoms with E-state index in [1.807, 2.05) is 18.2 Å². The van der Waals surface area contributed by atoms with Crippen molar-refractivity contribution in [3.8, 4) is 5.75 Å². The minimum absolute atomic E-state index is 0.0254. The van der Waals surface area contributed by atoms with Crippen LogP contribution in [-0.2, 0) is 16.1 Å². The number of anilines is 2. The second-order valence-corrected chi connectivity index (χ2v) is 10.3. The lowest BCUT2D eigenvalue weighted by Crippen LogP contribution is -2.48. The summed E-state index contributed by atoms with van der Waals surface area (Å²) in [5, 5.41) is 7.30. The molecule has 0 saturated heterocycles. The van der Waals surface area contributed by atoms with Crippen molar-refractivity contribution in [1.29, 1.82) is 0 Å². The van der Waals surface area contributed by atoms with E-state index in [0.717, 1.165) is 5.56 Å². The molecule has 198 valence electrons. The minimum Gasteiger partial charge on any atom is -0.495 e. The van der Waals surface area contributed by atoms with Crippen LogP contribution in [0.3, 0.4) is 0 Å². The molecular weight excluding hydrogens is 500 g/mol. The highest BCUT2D eigenvalue weighted by Crippen LogP contribution is 2.28. The number of nitrogens with zero attached hydrogens (tertiary/aromatic N) is 4. The zero-order valence-corrected chi connectivity index (χ0v) is 22.2. The van der Waals surface area contributed by atoms with Gasteiger partial charge < -0.3 is 25.3 Å². The smallest absolute Gasteiger partial charge is 0.414 e. The summed E-state index contributed by atoms with van der Waals surface area (Å²) in [6.45, 7) is 5.74. The number of hydrogen-bond donors (Lipinski definition) is 2. The van der Waals surface area contributed by atoms with Gasteiger partial charge in [0.2, 0.25) is 0 Å². The summed E-state index contributed by atoms with van der Waals surface area (Å²) >= 11 is 6.21. The van der Waals surface area contributed by atoms with Crippen LogP contribution in [0.25, 0.3) is 5.65 Å². The molecule has 0 radical (unpaired) electrons. The Morgan fingerprint density at radius 2 is 2.00 bits per heavy atom. The molecule has 2 amide bonds. The normalized spacial score (nSPS) is 17.2. The zero-order valence-electron chi connectivity index (χ0n) is 21.4. The number of carbonyl (C=O) groups is 2. The molecule has 37 heavy (non-hydrogen) atoms. The molecule has 3 aromatic rings. The quantitative estimate of drug-likeness (QED) is 0.440. The Bertz CT molecular complexity index is 1310. The van der Waals surface area contributed by atoms with E-state index < -0.39 is 11.7 Å². The lowest BCUT2D eigenvalue weighted by Gasteiger charge is -2.35. The molecule has 1 saturated carbocycles. The molecule has 2 aromatic heterocycles. The monoisotopic (exact) mass is 530 g/mol. The second kappa shape index (κ2) is 10.4. The molecule has 11 nitrogen and oxygen atoms in total. The summed E-state index contributed by atoms with van der Waals surface area (Å²) in [5.74, 6) is 0.279. The van der Waals surface area contributed by atoms with Crippen LogP contribution < -0.4 is 20.7 Å². The molecule has 1 aliphatic carbocycles. The first kappa shape index (κ1) is 26.5. The minimum atomic E-state index is -0.675. The number of rotatable bonds is 7. The molecule has 1 aliphatic rings. The van der Waals surface area contributed by atoms with Crippen molar-refractivity contribution < 1.29 is 23.8 Å². The number of hydrogen-bond acceptors (Lipinski definition) is 8. The summed E-state index contributed by atoms with van der Waals surface area (Å²) in [6.07, 6.45) is 2.20. The summed E-state index contributed by atoms with van der Waals surface area (Å²) in [6, 6.07) is 7.00. The fourth-order valence-electron chi connectivity index (χ4n) is 3.92. The molecule has 2 heterocycles. The topological polar surface area (TPSA) is 133 Å². The van der Waals surface area contributed by atoms with Crippen molar-refractivity contribution in [1.82, 2.24) is 19.9 Å². The van der Waals surface area contributed by atoms with Crippen LogP contribution in [0.4, 0.5) is 16.2 Å². The van der Waals surface area contributed by atoms with E-state index in [-0.39, 0.29) is 28.9 Å². The van der Waals surface area contributed by atoms with Crippen molar-refractivity contribution in [2.24, 2.45) is 0 Å². The highest BCUT2D eigenvalue weighted by molar-refractivity contribution is 6.29. The average molecular weight is 531 g/mol. The number of nitrogens with two attached hydrogens (primary N) is 1. The lowest BCUT2D eigenvalue weighted by molar-refractivity contribution is -0.0251. The van der Waals surface area contributed by atoms with E-state index in [9.17, 15) is 9.59 Å². The number of halogens is 1. The Morgan fingerprint density at radius 1 is 1.27 bits per heavy atom. The van der Waals surface area contributed by atoms with E-state index in [2.05, 4.69) is 15.4 Å². The number of methoxy groups -OCH3 is 1. The van der Waals surface area contributed by atoms with Crippen molar-refractivity contribution >= 4 is 40.6 Å². The van der Waals surface area contributed by atoms with Gasteiger partial charge in [0.1, 0.15) is 11.4 Å². The number of amides is 2. The average Bonchev–Trinajstić information content (AvgIpc) is 3.22. The fraction of sp³-hybridized carbons (Fsp3) is 0.440. The zero-order chi connectivity index (χ0) is 26.9. The summed E-state index contributed by atoms with van der Waals surface area (Å²) in [5.41, 5.74) is 7.65. The van der Waals surface area contributed by atoms with Gasteiger partial charge in [-0.1, -0.05) is 17.7 Å². The molecule has 0 atom stereocenters. The number of nitrogen functional groups attached to an aromatic ring is 1. The van der Waals surface area contributed by atoms with Crippen molar-refractivity contribution in [3.05, 3.63) is 46.9 Å². The molecule has 12 heteroatoms. The molecule has 0 unspecified atom stereocenters. The maximum Gasteiger partial charge on any atom is 0.414 e. The van der Waals surface area contributed by atoms with Crippen LogP contribution in [0, 0.1) is 0 Å². The van der Waals surface area contributed by atoms with Crippen molar-refractivity contribution in [2.75, 3.05) is 24.8 Å². The first-order chi connectivity index (χ1) is 17.4. The van der Waals surface area contributed by atoms with Crippen molar-refractivity contribution in [2.45, 2.75) is 58.0 Å². The van der Waals surface area contributed by atoms with Crippen LogP contribution >= 0.6 is 11.6 Å². The first-order valence-corrected chi connectivity index (χ1v) is 12.2. The number of benzene rings is 1. The standard InChI is InChI=1S/C25H31ClN6O5/c1-25(2,3)37-24(34)31(4)18-11-21(26)30-32-19(12-28-22(18)32)23(33)29-15-9-16(10-15)36-13-14-6-7-20(35-5)17(27)8-14/h6-8,11-12,15-16H,9-10,13,27H2,1-5H3,(H,29,33). The summed E-state index contributed by atoms with van der Waals surface area (Å²) in [7, 11) is 3.12. The number of imidazole rings is 1. The van der Waals surface area contributed by atoms with Gasteiger partial charge in [0, 0.05) is 19.2 Å². The van der Waals surface area contributed by atoms with Crippen LogP contribution in [0.1, 0.15) is 49.7 Å². The van der Waals surface area contributed by atoms with Gasteiger partial charge in [0.25, 0.3) is 5.91 Å². The number of ether oxygens (including phenoxy) is 3. The number of aromatic nitrogens is 3. The Morgan fingerprint density at radius 3 is 2.65 bits per heavy atom. The Balaban J connectivity index is 1.37. The Kier molecular flexibility index (Phi) is 7.47. The maximum atomic E-state index is 13.0. The number of nitrogens with one attached hydrogen (secondary N) is 1. The van der Waals surface area contributed by atoms with Gasteiger partial charge >= 0.3 is 6.09 Å². The van der Waals surface area contributed by atoms with E-state index >= 15 is 0 Å². The summed E-state index contributed by atoms with van der Waals surface area (Å²) < 4.78 is 17.9. The summed E-state index contributed by atoms with van der Waals surface area (Å²) in [4.78, 5) is 31.2. The third-order valence-electron chi connectivity index (χ3n) is 5.89. The van der Waals surface area contributed by atoms with E-state index in [4.69, 9.17) is 31.5 Å². The maximum absolute atomic E-state index is 13.0. The highest BCUT2D eigenvalue weighted by atomic mass is 35.5. The van der Waals surface area contributed by atoms with E-state index in [1.54, 1.807) is 34.9 Å². The van der Waals surface area contributed by atoms with Gasteiger partial charge in [-0.15, -0.1) is 0 Å². The first-order valence-electron chi connectivity index (χ1n) is 11.8.